The number of amides is 1. The van der Waals surface area contributed by atoms with Gasteiger partial charge >= 0.3 is 0 Å². The second-order valence-corrected chi connectivity index (χ2v) is 11.5. The van der Waals surface area contributed by atoms with Crippen molar-refractivity contribution in [1.29, 1.82) is 0 Å². The standard InChI is InChI=1S/C30H30N2O4S2/c1-36-27-12-8-9-25(21-27)23-32(19-20-37-28-13-6-3-7-14-28)22-24-15-17-29(18-16-24)38(34,35)31-30(33)26-10-4-2-5-11-26/h2-18,21H,19-20,22-23H2,1H3,(H,31,33). The summed E-state index contributed by atoms with van der Waals surface area (Å²) in [4.78, 5) is 16.0. The van der Waals surface area contributed by atoms with Crippen LogP contribution in [0.25, 0.3) is 0 Å². The summed E-state index contributed by atoms with van der Waals surface area (Å²) >= 11 is 1.80. The van der Waals surface area contributed by atoms with Gasteiger partial charge in [-0.2, -0.15) is 0 Å². The maximum atomic E-state index is 12.8. The highest BCUT2D eigenvalue weighted by molar-refractivity contribution is 7.99. The number of ether oxygens (including phenoxy) is 1. The van der Waals surface area contributed by atoms with Crippen LogP contribution < -0.4 is 9.46 Å². The van der Waals surface area contributed by atoms with Gasteiger partial charge < -0.3 is 4.74 Å². The molecule has 0 radical (unpaired) electrons. The molecule has 1 amide bonds. The Bertz CT molecular complexity index is 1430. The average molecular weight is 547 g/mol. The molecule has 0 aliphatic carbocycles. The zero-order chi connectivity index (χ0) is 26.8. The molecule has 0 unspecified atom stereocenters. The van der Waals surface area contributed by atoms with Crippen molar-refractivity contribution in [3.63, 3.8) is 0 Å². The first-order chi connectivity index (χ1) is 18.4. The van der Waals surface area contributed by atoms with E-state index in [-0.39, 0.29) is 10.5 Å². The van der Waals surface area contributed by atoms with E-state index in [4.69, 9.17) is 4.74 Å². The second-order valence-electron chi connectivity index (χ2n) is 8.67. The zero-order valence-corrected chi connectivity index (χ0v) is 22.8. The molecule has 0 spiro atoms. The summed E-state index contributed by atoms with van der Waals surface area (Å²) in [6, 6.07) is 33.3. The number of thioether (sulfide) groups is 1. The van der Waals surface area contributed by atoms with Gasteiger partial charge in [0.05, 0.1) is 12.0 Å². The quantitative estimate of drug-likeness (QED) is 0.233. The monoisotopic (exact) mass is 546 g/mol. The smallest absolute Gasteiger partial charge is 0.264 e. The summed E-state index contributed by atoms with van der Waals surface area (Å²) in [6.45, 7) is 2.20. The normalized spacial score (nSPS) is 11.3. The number of nitrogens with one attached hydrogen (secondary N) is 1. The third kappa shape index (κ3) is 7.95. The Morgan fingerprint density at radius 1 is 0.816 bits per heavy atom. The van der Waals surface area contributed by atoms with Crippen molar-refractivity contribution in [2.75, 3.05) is 19.4 Å². The first-order valence-electron chi connectivity index (χ1n) is 12.2. The van der Waals surface area contributed by atoms with E-state index in [9.17, 15) is 13.2 Å². The third-order valence-electron chi connectivity index (χ3n) is 5.86. The number of hydrogen-bond donors (Lipinski definition) is 1. The molecular formula is C30H30N2O4S2. The maximum absolute atomic E-state index is 12.8. The largest absolute Gasteiger partial charge is 0.497 e. The number of sulfonamides is 1. The molecule has 196 valence electrons. The molecule has 0 aromatic heterocycles. The van der Waals surface area contributed by atoms with Crippen molar-refractivity contribution in [3.8, 4) is 5.75 Å². The molecule has 0 saturated carbocycles. The topological polar surface area (TPSA) is 75.7 Å². The lowest BCUT2D eigenvalue weighted by molar-refractivity contribution is 0.0981. The minimum Gasteiger partial charge on any atom is -0.497 e. The molecule has 0 bridgehead atoms. The maximum Gasteiger partial charge on any atom is 0.264 e. The van der Waals surface area contributed by atoms with Crippen molar-refractivity contribution in [2.24, 2.45) is 0 Å². The van der Waals surface area contributed by atoms with E-state index in [1.165, 1.54) is 4.90 Å². The van der Waals surface area contributed by atoms with Gasteiger partial charge in [-0.05, 0) is 59.7 Å². The minimum atomic E-state index is -3.98. The zero-order valence-electron chi connectivity index (χ0n) is 21.1. The molecule has 0 fully saturated rings. The van der Waals surface area contributed by atoms with Gasteiger partial charge in [0.1, 0.15) is 5.75 Å². The van der Waals surface area contributed by atoms with Gasteiger partial charge in [-0.3, -0.25) is 9.69 Å². The average Bonchev–Trinajstić information content (AvgIpc) is 2.94. The van der Waals surface area contributed by atoms with Crippen molar-refractivity contribution in [1.82, 2.24) is 9.62 Å². The Morgan fingerprint density at radius 3 is 2.16 bits per heavy atom. The van der Waals surface area contributed by atoms with E-state index in [1.54, 1.807) is 73.5 Å². The van der Waals surface area contributed by atoms with Gasteiger partial charge in [-0.1, -0.05) is 60.7 Å². The molecule has 1 N–H and O–H groups in total. The number of rotatable bonds is 12. The van der Waals surface area contributed by atoms with E-state index in [1.807, 2.05) is 36.4 Å². The highest BCUT2D eigenvalue weighted by atomic mass is 32.2. The first kappa shape index (κ1) is 27.4. The fraction of sp³-hybridized carbons (Fsp3) is 0.167. The number of nitrogens with zero attached hydrogens (tertiary/aromatic N) is 1. The molecule has 0 atom stereocenters. The summed E-state index contributed by atoms with van der Waals surface area (Å²) in [5.41, 5.74) is 2.40. The number of carbonyl (C=O) groups is 1. The van der Waals surface area contributed by atoms with E-state index < -0.39 is 15.9 Å². The molecular weight excluding hydrogens is 516 g/mol. The van der Waals surface area contributed by atoms with Crippen molar-refractivity contribution in [3.05, 3.63) is 126 Å². The predicted octanol–water partition coefficient (Wildman–Crippen LogP) is 5.61. The SMILES string of the molecule is COc1cccc(CN(CCSc2ccccc2)Cc2ccc(S(=O)(=O)NC(=O)c3ccccc3)cc2)c1. The molecule has 0 aliphatic heterocycles. The van der Waals surface area contributed by atoms with Crippen LogP contribution in [-0.2, 0) is 23.1 Å². The van der Waals surface area contributed by atoms with Crippen LogP contribution in [0.3, 0.4) is 0 Å². The van der Waals surface area contributed by atoms with Gasteiger partial charge in [-0.15, -0.1) is 11.8 Å². The van der Waals surface area contributed by atoms with Crippen molar-refractivity contribution >= 4 is 27.7 Å². The number of benzene rings is 4. The van der Waals surface area contributed by atoms with E-state index in [0.29, 0.717) is 6.54 Å². The summed E-state index contributed by atoms with van der Waals surface area (Å²) in [7, 11) is -2.33. The van der Waals surface area contributed by atoms with Gasteiger partial charge in [0, 0.05) is 35.8 Å². The molecule has 38 heavy (non-hydrogen) atoms. The number of methoxy groups -OCH3 is 1. The highest BCUT2D eigenvalue weighted by Gasteiger charge is 2.19. The predicted molar refractivity (Wildman–Crippen MR) is 152 cm³/mol. The van der Waals surface area contributed by atoms with Crippen molar-refractivity contribution in [2.45, 2.75) is 22.9 Å². The highest BCUT2D eigenvalue weighted by Crippen LogP contribution is 2.20. The second kappa shape index (κ2) is 13.3. The molecule has 0 saturated heterocycles. The summed E-state index contributed by atoms with van der Waals surface area (Å²) < 4.78 is 33.1. The third-order valence-corrected chi connectivity index (χ3v) is 8.20. The Kier molecular flexibility index (Phi) is 9.59. The number of carbonyl (C=O) groups excluding carboxylic acids is 1. The van der Waals surface area contributed by atoms with Gasteiger partial charge in [0.15, 0.2) is 0 Å². The van der Waals surface area contributed by atoms with Crippen LogP contribution in [0.15, 0.2) is 119 Å². The molecule has 4 rings (SSSR count). The van der Waals surface area contributed by atoms with E-state index >= 15 is 0 Å². The molecule has 0 heterocycles. The van der Waals surface area contributed by atoms with Gasteiger partial charge in [0.2, 0.25) is 0 Å². The molecule has 4 aromatic carbocycles. The molecule has 4 aromatic rings. The first-order valence-corrected chi connectivity index (χ1v) is 14.6. The van der Waals surface area contributed by atoms with Crippen LogP contribution in [0.2, 0.25) is 0 Å². The Morgan fingerprint density at radius 2 is 1.47 bits per heavy atom. The lowest BCUT2D eigenvalue weighted by Crippen LogP contribution is -2.30. The molecule has 8 heteroatoms. The lowest BCUT2D eigenvalue weighted by atomic mass is 10.1. The van der Waals surface area contributed by atoms with Crippen LogP contribution in [0.1, 0.15) is 21.5 Å². The Balaban J connectivity index is 1.44. The number of hydrogen-bond acceptors (Lipinski definition) is 6. The van der Waals surface area contributed by atoms with Crippen LogP contribution in [0, 0.1) is 0 Å². The van der Waals surface area contributed by atoms with Gasteiger partial charge in [0.25, 0.3) is 15.9 Å². The van der Waals surface area contributed by atoms with Crippen LogP contribution in [0.5, 0.6) is 5.75 Å². The van der Waals surface area contributed by atoms with Crippen LogP contribution >= 0.6 is 11.8 Å². The van der Waals surface area contributed by atoms with E-state index in [2.05, 4.69) is 27.8 Å². The molecule has 0 aliphatic rings. The lowest BCUT2D eigenvalue weighted by Gasteiger charge is -2.23. The van der Waals surface area contributed by atoms with Crippen LogP contribution in [-0.4, -0.2) is 38.6 Å². The summed E-state index contributed by atoms with van der Waals surface area (Å²) in [6.07, 6.45) is 0. The Labute approximate surface area is 228 Å². The van der Waals surface area contributed by atoms with E-state index in [0.717, 1.165) is 35.7 Å². The fourth-order valence-electron chi connectivity index (χ4n) is 3.91. The minimum absolute atomic E-state index is 0.0458. The Hall–Kier alpha value is -3.59. The summed E-state index contributed by atoms with van der Waals surface area (Å²) in [5, 5.41) is 0. The molecule has 6 nitrogen and oxygen atoms in total. The van der Waals surface area contributed by atoms with Gasteiger partial charge in [-0.25, -0.2) is 13.1 Å². The van der Waals surface area contributed by atoms with Crippen molar-refractivity contribution < 1.29 is 17.9 Å². The van der Waals surface area contributed by atoms with Crippen LogP contribution in [0.4, 0.5) is 0 Å². The fourth-order valence-corrected chi connectivity index (χ4v) is 5.82. The summed E-state index contributed by atoms with van der Waals surface area (Å²) in [5.74, 6) is 1.06.